The Morgan fingerprint density at radius 2 is 1.90 bits per heavy atom. The van der Waals surface area contributed by atoms with Gasteiger partial charge < -0.3 is 10.0 Å². The largest absolute Gasteiger partial charge is 0.388 e. The molecule has 0 spiro atoms. The monoisotopic (exact) mass is 297 g/mol. The van der Waals surface area contributed by atoms with E-state index < -0.39 is 17.7 Å². The molecule has 21 heavy (non-hydrogen) atoms. The van der Waals surface area contributed by atoms with Gasteiger partial charge in [-0.3, -0.25) is 0 Å². The molecule has 0 heterocycles. The van der Waals surface area contributed by atoms with Gasteiger partial charge in [0.25, 0.3) is 0 Å². The molecule has 0 amide bonds. The molecule has 0 aliphatic heterocycles. The summed E-state index contributed by atoms with van der Waals surface area (Å²) in [6, 6.07) is 4.50. The van der Waals surface area contributed by atoms with Crippen LogP contribution in [0, 0.1) is 17.6 Å². The van der Waals surface area contributed by atoms with E-state index in [0.717, 1.165) is 12.0 Å². The number of rotatable bonds is 5. The van der Waals surface area contributed by atoms with E-state index in [1.54, 1.807) is 0 Å². The Labute approximate surface area is 125 Å². The number of halogens is 2. The zero-order valence-corrected chi connectivity index (χ0v) is 12.9. The maximum atomic E-state index is 13.6. The summed E-state index contributed by atoms with van der Waals surface area (Å²) >= 11 is 0. The molecule has 2 nitrogen and oxygen atoms in total. The van der Waals surface area contributed by atoms with Crippen molar-refractivity contribution in [1.29, 1.82) is 0 Å². The molecule has 1 aromatic carbocycles. The number of nitrogens with zero attached hydrogens (tertiary/aromatic N) is 1. The lowest BCUT2D eigenvalue weighted by Gasteiger charge is -2.34. The fourth-order valence-corrected chi connectivity index (χ4v) is 3.13. The first-order valence-electron chi connectivity index (χ1n) is 7.81. The second-order valence-electron chi connectivity index (χ2n) is 6.34. The zero-order chi connectivity index (χ0) is 15.4. The normalized spacial score (nSPS) is 24.3. The van der Waals surface area contributed by atoms with Gasteiger partial charge >= 0.3 is 0 Å². The highest BCUT2D eigenvalue weighted by atomic mass is 19.2. The number of hydrogen-bond donors (Lipinski definition) is 1. The lowest BCUT2D eigenvalue weighted by atomic mass is 9.86. The van der Waals surface area contributed by atoms with Crippen LogP contribution in [0.3, 0.4) is 0 Å². The number of hydrogen-bond acceptors (Lipinski definition) is 2. The summed E-state index contributed by atoms with van der Waals surface area (Å²) in [6.07, 6.45) is 4.32. The topological polar surface area (TPSA) is 23.5 Å². The average molecular weight is 297 g/mol. The van der Waals surface area contributed by atoms with Gasteiger partial charge in [-0.2, -0.15) is 0 Å². The Morgan fingerprint density at radius 3 is 2.57 bits per heavy atom. The summed E-state index contributed by atoms with van der Waals surface area (Å²) in [5, 5.41) is 10.1. The van der Waals surface area contributed by atoms with E-state index in [1.165, 1.54) is 37.8 Å². The van der Waals surface area contributed by atoms with Gasteiger partial charge in [0.1, 0.15) is 0 Å². The highest BCUT2D eigenvalue weighted by Crippen LogP contribution is 2.27. The van der Waals surface area contributed by atoms with Gasteiger partial charge in [-0.1, -0.05) is 19.1 Å². The molecule has 4 heteroatoms. The third-order valence-electron chi connectivity index (χ3n) is 4.70. The van der Waals surface area contributed by atoms with Crippen LogP contribution in [0.25, 0.3) is 0 Å². The van der Waals surface area contributed by atoms with Crippen LogP contribution in [-0.4, -0.2) is 29.6 Å². The first-order chi connectivity index (χ1) is 9.99. The SMILES string of the molecule is CC1CCC(N(C)CCC(O)c2cccc(F)c2F)CC1. The Morgan fingerprint density at radius 1 is 1.24 bits per heavy atom. The van der Waals surface area contributed by atoms with Crippen LogP contribution in [0.4, 0.5) is 8.78 Å². The molecule has 1 N–H and O–H groups in total. The number of benzene rings is 1. The van der Waals surface area contributed by atoms with Crippen LogP contribution < -0.4 is 0 Å². The second-order valence-corrected chi connectivity index (χ2v) is 6.34. The second kappa shape index (κ2) is 7.32. The molecule has 1 saturated carbocycles. The van der Waals surface area contributed by atoms with Crippen molar-refractivity contribution >= 4 is 0 Å². The maximum absolute atomic E-state index is 13.6. The van der Waals surface area contributed by atoms with Crippen LogP contribution in [0.1, 0.15) is 50.7 Å². The van der Waals surface area contributed by atoms with Gasteiger partial charge in [0, 0.05) is 18.2 Å². The van der Waals surface area contributed by atoms with Crippen LogP contribution in [0.2, 0.25) is 0 Å². The number of aliphatic hydroxyl groups excluding tert-OH is 1. The summed E-state index contributed by atoms with van der Waals surface area (Å²) in [5.74, 6) is -1.03. The summed E-state index contributed by atoms with van der Waals surface area (Å²) in [5.41, 5.74) is 0.0562. The molecule has 1 atom stereocenters. The third-order valence-corrected chi connectivity index (χ3v) is 4.70. The zero-order valence-electron chi connectivity index (χ0n) is 12.9. The third kappa shape index (κ3) is 4.24. The summed E-state index contributed by atoms with van der Waals surface area (Å²) in [7, 11) is 2.05. The van der Waals surface area contributed by atoms with E-state index in [-0.39, 0.29) is 5.56 Å². The molecule has 0 bridgehead atoms. The van der Waals surface area contributed by atoms with Crippen molar-refractivity contribution in [3.8, 4) is 0 Å². The molecule has 1 unspecified atom stereocenters. The van der Waals surface area contributed by atoms with E-state index >= 15 is 0 Å². The first-order valence-corrected chi connectivity index (χ1v) is 7.81. The van der Waals surface area contributed by atoms with E-state index in [9.17, 15) is 13.9 Å². The Bertz CT molecular complexity index is 458. The van der Waals surface area contributed by atoms with Gasteiger partial charge in [-0.15, -0.1) is 0 Å². The van der Waals surface area contributed by atoms with Crippen LogP contribution in [0.15, 0.2) is 18.2 Å². The molecule has 0 saturated heterocycles. The van der Waals surface area contributed by atoms with E-state index in [2.05, 4.69) is 18.9 Å². The molecule has 1 fully saturated rings. The van der Waals surface area contributed by atoms with Gasteiger partial charge in [0.2, 0.25) is 0 Å². The smallest absolute Gasteiger partial charge is 0.164 e. The predicted molar refractivity (Wildman–Crippen MR) is 80.0 cm³/mol. The average Bonchev–Trinajstić information content (AvgIpc) is 2.48. The van der Waals surface area contributed by atoms with Crippen molar-refractivity contribution in [3.63, 3.8) is 0 Å². The Kier molecular flexibility index (Phi) is 5.71. The van der Waals surface area contributed by atoms with Crippen LogP contribution in [0.5, 0.6) is 0 Å². The van der Waals surface area contributed by atoms with Crippen molar-refractivity contribution in [2.75, 3.05) is 13.6 Å². The molecular weight excluding hydrogens is 272 g/mol. The highest BCUT2D eigenvalue weighted by molar-refractivity contribution is 5.21. The quantitative estimate of drug-likeness (QED) is 0.891. The fourth-order valence-electron chi connectivity index (χ4n) is 3.13. The van der Waals surface area contributed by atoms with Gasteiger partial charge in [0.15, 0.2) is 11.6 Å². The summed E-state index contributed by atoms with van der Waals surface area (Å²) in [6.45, 7) is 2.98. The molecule has 0 radical (unpaired) electrons. The lowest BCUT2D eigenvalue weighted by molar-refractivity contribution is 0.116. The van der Waals surface area contributed by atoms with E-state index in [0.29, 0.717) is 19.0 Å². The molecule has 0 aromatic heterocycles. The van der Waals surface area contributed by atoms with Crippen LogP contribution >= 0.6 is 0 Å². The molecular formula is C17H25F2NO. The summed E-state index contributed by atoms with van der Waals surface area (Å²) in [4.78, 5) is 2.24. The Balaban J connectivity index is 1.86. The van der Waals surface area contributed by atoms with Crippen LogP contribution in [-0.2, 0) is 0 Å². The fraction of sp³-hybridized carbons (Fsp3) is 0.647. The lowest BCUT2D eigenvalue weighted by Crippen LogP contribution is -2.36. The first kappa shape index (κ1) is 16.4. The van der Waals surface area contributed by atoms with Gasteiger partial charge in [0.05, 0.1) is 6.10 Å². The van der Waals surface area contributed by atoms with Crippen molar-refractivity contribution in [3.05, 3.63) is 35.4 Å². The van der Waals surface area contributed by atoms with Crippen molar-refractivity contribution in [2.24, 2.45) is 5.92 Å². The summed E-state index contributed by atoms with van der Waals surface area (Å²) < 4.78 is 26.8. The van der Waals surface area contributed by atoms with Gasteiger partial charge in [-0.05, 0) is 51.1 Å². The highest BCUT2D eigenvalue weighted by Gasteiger charge is 2.23. The van der Waals surface area contributed by atoms with Gasteiger partial charge in [-0.25, -0.2) is 8.78 Å². The van der Waals surface area contributed by atoms with E-state index in [4.69, 9.17) is 0 Å². The Hall–Kier alpha value is -1.00. The van der Waals surface area contributed by atoms with Crippen molar-refractivity contribution < 1.29 is 13.9 Å². The minimum absolute atomic E-state index is 0.0562. The molecule has 1 aliphatic carbocycles. The standard InChI is InChI=1S/C17H25F2NO/c1-12-6-8-13(9-7-12)20(2)11-10-16(21)14-4-3-5-15(18)17(14)19/h3-5,12-13,16,21H,6-11H2,1-2H3. The maximum Gasteiger partial charge on any atom is 0.164 e. The number of aliphatic hydroxyl groups is 1. The molecule has 1 aliphatic rings. The van der Waals surface area contributed by atoms with Crippen molar-refractivity contribution in [1.82, 2.24) is 4.90 Å². The minimum atomic E-state index is -0.953. The van der Waals surface area contributed by atoms with E-state index in [1.807, 2.05) is 0 Å². The van der Waals surface area contributed by atoms with Crippen molar-refractivity contribution in [2.45, 2.75) is 51.2 Å². The molecule has 118 valence electrons. The minimum Gasteiger partial charge on any atom is -0.388 e. The predicted octanol–water partition coefficient (Wildman–Crippen LogP) is 3.90. The molecule has 1 aromatic rings. The molecule has 2 rings (SSSR count).